The van der Waals surface area contributed by atoms with Crippen molar-refractivity contribution in [1.29, 1.82) is 0 Å². The van der Waals surface area contributed by atoms with Crippen molar-refractivity contribution in [3.8, 4) is 5.75 Å². The second-order valence-electron chi connectivity index (χ2n) is 6.28. The van der Waals surface area contributed by atoms with Gasteiger partial charge in [0.1, 0.15) is 17.1 Å². The normalized spacial score (nSPS) is 14.6. The predicted octanol–water partition coefficient (Wildman–Crippen LogP) is 3.09. The van der Waals surface area contributed by atoms with E-state index in [4.69, 9.17) is 10.5 Å². The molecule has 2 aromatic rings. The fourth-order valence-electron chi connectivity index (χ4n) is 2.98. The van der Waals surface area contributed by atoms with Crippen molar-refractivity contribution >= 4 is 23.4 Å². The fraction of sp³-hybridized carbons (Fsp3) is 0.421. The number of ether oxygens (including phenoxy) is 1. The highest BCUT2D eigenvalue weighted by Crippen LogP contribution is 2.20. The van der Waals surface area contributed by atoms with Gasteiger partial charge in [-0.05, 0) is 44.0 Å². The number of nitrogens with one attached hydrogen (secondary N) is 1. The van der Waals surface area contributed by atoms with Crippen molar-refractivity contribution in [2.75, 3.05) is 35.6 Å². The summed E-state index contributed by atoms with van der Waals surface area (Å²) in [6.45, 7) is 4.38. The van der Waals surface area contributed by atoms with Crippen LogP contribution in [0, 0.1) is 0 Å². The minimum atomic E-state index is -0.325. The van der Waals surface area contributed by atoms with Crippen LogP contribution in [0.2, 0.25) is 0 Å². The Morgan fingerprint density at radius 1 is 1.19 bits per heavy atom. The lowest BCUT2D eigenvalue weighted by molar-refractivity contribution is 0.102. The summed E-state index contributed by atoms with van der Waals surface area (Å²) in [6.07, 6.45) is 6.22. The molecule has 0 aliphatic carbocycles. The molecule has 1 aromatic carbocycles. The summed E-state index contributed by atoms with van der Waals surface area (Å²) < 4.78 is 5.39. The third-order valence-electron chi connectivity index (χ3n) is 4.36. The SMILES string of the molecule is CCOc1ccc(NC(=O)c2cnc(N3CCCCCC3)nc2N)cc1. The number of aromatic nitrogens is 2. The van der Waals surface area contributed by atoms with Crippen LogP contribution in [0.3, 0.4) is 0 Å². The lowest BCUT2D eigenvalue weighted by Gasteiger charge is -2.20. The average Bonchev–Trinajstić information content (AvgIpc) is 2.93. The molecule has 0 spiro atoms. The van der Waals surface area contributed by atoms with E-state index in [1.54, 1.807) is 24.3 Å². The van der Waals surface area contributed by atoms with Crippen molar-refractivity contribution in [3.63, 3.8) is 0 Å². The maximum atomic E-state index is 12.5. The minimum Gasteiger partial charge on any atom is -0.494 e. The number of carbonyl (C=O) groups is 1. The van der Waals surface area contributed by atoms with Crippen LogP contribution < -0.4 is 20.7 Å². The molecule has 0 saturated carbocycles. The molecule has 3 rings (SSSR count). The molecule has 1 amide bonds. The van der Waals surface area contributed by atoms with E-state index >= 15 is 0 Å². The number of anilines is 3. The van der Waals surface area contributed by atoms with Crippen molar-refractivity contribution in [1.82, 2.24) is 9.97 Å². The topological polar surface area (TPSA) is 93.4 Å². The second-order valence-corrected chi connectivity index (χ2v) is 6.28. The van der Waals surface area contributed by atoms with Gasteiger partial charge in [0, 0.05) is 25.0 Å². The molecule has 7 heteroatoms. The van der Waals surface area contributed by atoms with Gasteiger partial charge in [-0.2, -0.15) is 4.98 Å². The van der Waals surface area contributed by atoms with Gasteiger partial charge in [0.25, 0.3) is 5.91 Å². The largest absolute Gasteiger partial charge is 0.494 e. The molecule has 0 atom stereocenters. The number of benzene rings is 1. The van der Waals surface area contributed by atoms with E-state index in [0.29, 0.717) is 18.2 Å². The number of amides is 1. The Hall–Kier alpha value is -2.83. The molecule has 0 bridgehead atoms. The van der Waals surface area contributed by atoms with Crippen molar-refractivity contribution < 1.29 is 9.53 Å². The Bertz CT molecular complexity index is 740. The van der Waals surface area contributed by atoms with Crippen molar-refractivity contribution in [3.05, 3.63) is 36.0 Å². The lowest BCUT2D eigenvalue weighted by atomic mass is 10.2. The first-order valence-electron chi connectivity index (χ1n) is 9.09. The number of nitrogens with two attached hydrogens (primary N) is 1. The van der Waals surface area contributed by atoms with Crippen LogP contribution in [0.15, 0.2) is 30.5 Å². The molecule has 1 aliphatic rings. The van der Waals surface area contributed by atoms with Crippen LogP contribution in [-0.2, 0) is 0 Å². The first-order chi connectivity index (χ1) is 12.7. The standard InChI is InChI=1S/C19H25N5O2/c1-2-26-15-9-7-14(8-10-15)22-18(25)16-13-21-19(23-17(16)20)24-11-5-3-4-6-12-24/h7-10,13H,2-6,11-12H2,1H3,(H,22,25)(H2,20,21,23). The molecule has 1 aromatic heterocycles. The number of nitrogens with zero attached hydrogens (tertiary/aromatic N) is 3. The van der Waals surface area contributed by atoms with Crippen LogP contribution in [0.4, 0.5) is 17.5 Å². The Morgan fingerprint density at radius 2 is 1.88 bits per heavy atom. The van der Waals surface area contributed by atoms with E-state index in [-0.39, 0.29) is 17.3 Å². The van der Waals surface area contributed by atoms with Crippen LogP contribution in [0.1, 0.15) is 43.0 Å². The molecule has 3 N–H and O–H groups in total. The molecule has 2 heterocycles. The molecule has 1 aliphatic heterocycles. The van der Waals surface area contributed by atoms with Gasteiger partial charge < -0.3 is 20.7 Å². The van der Waals surface area contributed by atoms with E-state index in [9.17, 15) is 4.79 Å². The molecular weight excluding hydrogens is 330 g/mol. The monoisotopic (exact) mass is 355 g/mol. The smallest absolute Gasteiger partial charge is 0.260 e. The Balaban J connectivity index is 1.69. The van der Waals surface area contributed by atoms with Gasteiger partial charge in [0.2, 0.25) is 5.95 Å². The zero-order valence-electron chi connectivity index (χ0n) is 15.1. The van der Waals surface area contributed by atoms with Gasteiger partial charge in [0.15, 0.2) is 0 Å². The molecule has 1 fully saturated rings. The van der Waals surface area contributed by atoms with Crippen molar-refractivity contribution in [2.24, 2.45) is 0 Å². The van der Waals surface area contributed by atoms with Gasteiger partial charge in [-0.3, -0.25) is 4.79 Å². The molecule has 1 saturated heterocycles. The van der Waals surface area contributed by atoms with Gasteiger partial charge in [0.05, 0.1) is 6.61 Å². The predicted molar refractivity (Wildman–Crippen MR) is 103 cm³/mol. The van der Waals surface area contributed by atoms with Crippen LogP contribution in [0.5, 0.6) is 5.75 Å². The van der Waals surface area contributed by atoms with E-state index < -0.39 is 0 Å². The molecule has 138 valence electrons. The third-order valence-corrected chi connectivity index (χ3v) is 4.36. The summed E-state index contributed by atoms with van der Waals surface area (Å²) >= 11 is 0. The van der Waals surface area contributed by atoms with E-state index in [2.05, 4.69) is 20.2 Å². The van der Waals surface area contributed by atoms with E-state index in [1.807, 2.05) is 6.92 Å². The summed E-state index contributed by atoms with van der Waals surface area (Å²) in [6, 6.07) is 7.18. The number of hydrogen-bond donors (Lipinski definition) is 2. The van der Waals surface area contributed by atoms with Gasteiger partial charge in [-0.15, -0.1) is 0 Å². The summed E-state index contributed by atoms with van der Waals surface area (Å²) in [5, 5.41) is 2.81. The Labute approximate surface area is 153 Å². The fourth-order valence-corrected chi connectivity index (χ4v) is 2.98. The van der Waals surface area contributed by atoms with Crippen molar-refractivity contribution in [2.45, 2.75) is 32.6 Å². The van der Waals surface area contributed by atoms with Crippen LogP contribution in [-0.4, -0.2) is 35.6 Å². The number of hydrogen-bond acceptors (Lipinski definition) is 6. The lowest BCUT2D eigenvalue weighted by Crippen LogP contribution is -2.27. The third kappa shape index (κ3) is 4.41. The van der Waals surface area contributed by atoms with Gasteiger partial charge in [-0.25, -0.2) is 4.98 Å². The maximum Gasteiger partial charge on any atom is 0.260 e. The Kier molecular flexibility index (Phi) is 5.88. The highest BCUT2D eigenvalue weighted by molar-refractivity contribution is 6.07. The molecule has 7 nitrogen and oxygen atoms in total. The summed E-state index contributed by atoms with van der Waals surface area (Å²) in [5.41, 5.74) is 6.96. The average molecular weight is 355 g/mol. The Morgan fingerprint density at radius 3 is 2.50 bits per heavy atom. The quantitative estimate of drug-likeness (QED) is 0.856. The second kappa shape index (κ2) is 8.51. The minimum absolute atomic E-state index is 0.197. The maximum absolute atomic E-state index is 12.5. The summed E-state index contributed by atoms with van der Waals surface area (Å²) in [4.78, 5) is 23.3. The highest BCUT2D eigenvalue weighted by Gasteiger charge is 2.17. The van der Waals surface area contributed by atoms with Crippen LogP contribution in [0.25, 0.3) is 0 Å². The zero-order valence-corrected chi connectivity index (χ0v) is 15.1. The number of carbonyl (C=O) groups excluding carboxylic acids is 1. The number of rotatable bonds is 5. The molecule has 0 unspecified atom stereocenters. The highest BCUT2D eigenvalue weighted by atomic mass is 16.5. The van der Waals surface area contributed by atoms with E-state index in [1.165, 1.54) is 19.0 Å². The van der Waals surface area contributed by atoms with Gasteiger partial charge in [-0.1, -0.05) is 12.8 Å². The first-order valence-corrected chi connectivity index (χ1v) is 9.09. The summed E-state index contributed by atoms with van der Waals surface area (Å²) in [5.74, 6) is 1.23. The molecule has 0 radical (unpaired) electrons. The zero-order chi connectivity index (χ0) is 18.4. The van der Waals surface area contributed by atoms with Gasteiger partial charge >= 0.3 is 0 Å². The summed E-state index contributed by atoms with van der Waals surface area (Å²) in [7, 11) is 0. The van der Waals surface area contributed by atoms with Crippen LogP contribution >= 0.6 is 0 Å². The number of nitrogen functional groups attached to an aromatic ring is 1. The van der Waals surface area contributed by atoms with E-state index in [0.717, 1.165) is 31.7 Å². The molecule has 26 heavy (non-hydrogen) atoms. The first kappa shape index (κ1) is 18.0. The molecular formula is C19H25N5O2.